The van der Waals surface area contributed by atoms with Crippen LogP contribution in [-0.4, -0.2) is 47.0 Å². The lowest BCUT2D eigenvalue weighted by Crippen LogP contribution is -2.48. The molecule has 0 atom stereocenters. The molecule has 0 bridgehead atoms. The topological polar surface area (TPSA) is 52.2 Å². The Bertz CT molecular complexity index is 1320. The van der Waals surface area contributed by atoms with Crippen LogP contribution in [0, 0.1) is 6.92 Å². The average molecular weight is 438 g/mol. The van der Waals surface area contributed by atoms with E-state index in [0.29, 0.717) is 37.6 Å². The van der Waals surface area contributed by atoms with Crippen LogP contribution in [0.25, 0.3) is 21.8 Å². The van der Waals surface area contributed by atoms with Crippen molar-refractivity contribution in [3.63, 3.8) is 0 Å². The van der Waals surface area contributed by atoms with Gasteiger partial charge in [-0.15, -0.1) is 0 Å². The molecule has 2 aromatic carbocycles. The molecule has 0 radical (unpaired) electrons. The Morgan fingerprint density at radius 2 is 1.69 bits per heavy atom. The number of amides is 1. The number of aromatic nitrogens is 2. The van der Waals surface area contributed by atoms with E-state index < -0.39 is 11.7 Å². The number of aryl methyl sites for hydroxylation is 1. The summed E-state index contributed by atoms with van der Waals surface area (Å²) in [5.74, 6) is -0.161. The number of halogens is 3. The Morgan fingerprint density at radius 1 is 0.969 bits per heavy atom. The average Bonchev–Trinajstić information content (AvgIpc) is 3.23. The van der Waals surface area contributed by atoms with Crippen molar-refractivity contribution in [3.05, 3.63) is 71.5 Å². The maximum atomic E-state index is 13.1. The van der Waals surface area contributed by atoms with Crippen LogP contribution in [0.15, 0.2) is 54.6 Å². The normalized spacial score (nSPS) is 15.0. The monoisotopic (exact) mass is 438 g/mol. The second-order valence-electron chi connectivity index (χ2n) is 8.08. The van der Waals surface area contributed by atoms with Crippen molar-refractivity contribution < 1.29 is 18.0 Å². The van der Waals surface area contributed by atoms with E-state index in [1.165, 1.54) is 6.07 Å². The van der Waals surface area contributed by atoms with Crippen LogP contribution in [0.3, 0.4) is 0 Å². The molecule has 5 nitrogen and oxygen atoms in total. The summed E-state index contributed by atoms with van der Waals surface area (Å²) in [7, 11) is 0. The zero-order chi connectivity index (χ0) is 22.5. The number of benzene rings is 2. The number of anilines is 1. The lowest BCUT2D eigenvalue weighted by molar-refractivity contribution is -0.137. The molecule has 1 aliphatic rings. The predicted octanol–water partition coefficient (Wildman–Crippen LogP) is 5.01. The van der Waals surface area contributed by atoms with Gasteiger partial charge in [0.05, 0.1) is 16.6 Å². The number of alkyl halides is 3. The number of aromatic amines is 1. The summed E-state index contributed by atoms with van der Waals surface area (Å²) in [6.45, 7) is 3.73. The van der Waals surface area contributed by atoms with E-state index in [4.69, 9.17) is 0 Å². The number of rotatable bonds is 2. The van der Waals surface area contributed by atoms with E-state index in [0.717, 1.165) is 39.6 Å². The van der Waals surface area contributed by atoms with Gasteiger partial charge < -0.3 is 14.8 Å². The fourth-order valence-electron chi connectivity index (χ4n) is 4.20. The molecule has 1 saturated heterocycles. The number of fused-ring (bicyclic) bond motifs is 3. The zero-order valence-electron chi connectivity index (χ0n) is 17.4. The Balaban J connectivity index is 1.34. The highest BCUT2D eigenvalue weighted by Gasteiger charge is 2.31. The molecule has 1 aliphatic heterocycles. The van der Waals surface area contributed by atoms with Crippen molar-refractivity contribution in [1.29, 1.82) is 0 Å². The van der Waals surface area contributed by atoms with Crippen molar-refractivity contribution in [2.75, 3.05) is 31.1 Å². The molecule has 1 fully saturated rings. The number of carbonyl (C=O) groups excluding carboxylic acids is 1. The minimum atomic E-state index is -4.38. The van der Waals surface area contributed by atoms with Gasteiger partial charge in [-0.1, -0.05) is 24.3 Å². The first-order valence-electron chi connectivity index (χ1n) is 10.4. The molecule has 5 rings (SSSR count). The largest absolute Gasteiger partial charge is 0.416 e. The molecular formula is C24H21F3N4O. The van der Waals surface area contributed by atoms with Gasteiger partial charge in [0.1, 0.15) is 5.69 Å². The molecule has 4 aromatic rings. The summed E-state index contributed by atoms with van der Waals surface area (Å²) in [4.78, 5) is 24.6. The molecular weight excluding hydrogens is 417 g/mol. The number of carbonyl (C=O) groups is 1. The van der Waals surface area contributed by atoms with Crippen molar-refractivity contribution in [1.82, 2.24) is 14.9 Å². The van der Waals surface area contributed by atoms with E-state index in [1.54, 1.807) is 17.0 Å². The molecule has 0 spiro atoms. The van der Waals surface area contributed by atoms with Gasteiger partial charge in [0, 0.05) is 48.3 Å². The SMILES string of the molecule is Cc1ccc2ccc3cc(C(=O)N4CCN(c5cccc(C(F)(F)F)c5)CC4)nc3c2[nH]1. The maximum absolute atomic E-state index is 13.1. The Hall–Kier alpha value is -3.55. The minimum Gasteiger partial charge on any atom is -0.368 e. The van der Waals surface area contributed by atoms with Gasteiger partial charge >= 0.3 is 6.18 Å². The Labute approximate surface area is 182 Å². The van der Waals surface area contributed by atoms with E-state index in [1.807, 2.05) is 36.1 Å². The van der Waals surface area contributed by atoms with E-state index in [2.05, 4.69) is 9.97 Å². The van der Waals surface area contributed by atoms with E-state index in [9.17, 15) is 18.0 Å². The summed E-state index contributed by atoms with van der Waals surface area (Å²) < 4.78 is 39.1. The van der Waals surface area contributed by atoms with E-state index >= 15 is 0 Å². The third-order valence-electron chi connectivity index (χ3n) is 5.93. The summed E-state index contributed by atoms with van der Waals surface area (Å²) in [5.41, 5.74) is 2.90. The van der Waals surface area contributed by atoms with Crippen molar-refractivity contribution in [2.24, 2.45) is 0 Å². The van der Waals surface area contributed by atoms with Crippen LogP contribution < -0.4 is 4.90 Å². The Kier molecular flexibility index (Phi) is 4.80. The number of hydrogen-bond donors (Lipinski definition) is 1. The quantitative estimate of drug-likeness (QED) is 0.479. The smallest absolute Gasteiger partial charge is 0.368 e. The first-order valence-corrected chi connectivity index (χ1v) is 10.4. The molecule has 0 saturated carbocycles. The second kappa shape index (κ2) is 7.55. The van der Waals surface area contributed by atoms with Gasteiger partial charge in [-0.3, -0.25) is 4.79 Å². The number of pyridine rings is 1. The van der Waals surface area contributed by atoms with Gasteiger partial charge in [0.2, 0.25) is 0 Å². The molecule has 3 heterocycles. The van der Waals surface area contributed by atoms with Crippen LogP contribution in [0.1, 0.15) is 21.7 Å². The first-order chi connectivity index (χ1) is 15.3. The van der Waals surface area contributed by atoms with Crippen LogP contribution in [-0.2, 0) is 6.18 Å². The summed E-state index contributed by atoms with van der Waals surface area (Å²) in [6, 6.07) is 15.1. The fourth-order valence-corrected chi connectivity index (χ4v) is 4.20. The minimum absolute atomic E-state index is 0.161. The molecule has 1 N–H and O–H groups in total. The zero-order valence-corrected chi connectivity index (χ0v) is 17.4. The van der Waals surface area contributed by atoms with Crippen molar-refractivity contribution in [2.45, 2.75) is 13.1 Å². The van der Waals surface area contributed by atoms with Gasteiger partial charge in [-0.25, -0.2) is 4.98 Å². The van der Waals surface area contributed by atoms with Gasteiger partial charge in [-0.2, -0.15) is 13.2 Å². The van der Waals surface area contributed by atoms with Crippen molar-refractivity contribution >= 4 is 33.4 Å². The number of H-pyrrole nitrogens is 1. The van der Waals surface area contributed by atoms with Crippen LogP contribution in [0.4, 0.5) is 18.9 Å². The highest BCUT2D eigenvalue weighted by Crippen LogP contribution is 2.32. The second-order valence-corrected chi connectivity index (χ2v) is 8.08. The lowest BCUT2D eigenvalue weighted by Gasteiger charge is -2.36. The highest BCUT2D eigenvalue weighted by atomic mass is 19.4. The van der Waals surface area contributed by atoms with Gasteiger partial charge in [-0.05, 0) is 37.3 Å². The summed E-state index contributed by atoms with van der Waals surface area (Å²) >= 11 is 0. The molecule has 0 aliphatic carbocycles. The molecule has 2 aromatic heterocycles. The molecule has 8 heteroatoms. The summed E-state index contributed by atoms with van der Waals surface area (Å²) in [6.07, 6.45) is -4.38. The number of nitrogens with zero attached hydrogens (tertiary/aromatic N) is 3. The van der Waals surface area contributed by atoms with E-state index in [-0.39, 0.29) is 5.91 Å². The van der Waals surface area contributed by atoms with Gasteiger partial charge in [0.25, 0.3) is 5.91 Å². The summed E-state index contributed by atoms with van der Waals surface area (Å²) in [5, 5.41) is 1.92. The standard InChI is InChI=1S/C24H21F3N4O/c1-15-5-6-16-7-8-17-13-20(29-22(17)21(16)28-15)23(32)31-11-9-30(10-12-31)19-4-2-3-18(14-19)24(25,26)27/h2-8,13-14,28H,9-12H2,1H3. The molecule has 0 unspecified atom stereocenters. The fraction of sp³-hybridized carbons (Fsp3) is 0.250. The van der Waals surface area contributed by atoms with Crippen molar-refractivity contribution in [3.8, 4) is 0 Å². The Morgan fingerprint density at radius 3 is 2.44 bits per heavy atom. The van der Waals surface area contributed by atoms with Crippen LogP contribution >= 0.6 is 0 Å². The highest BCUT2D eigenvalue weighted by molar-refractivity contribution is 6.07. The molecule has 1 amide bonds. The van der Waals surface area contributed by atoms with Gasteiger partial charge in [0.15, 0.2) is 0 Å². The van der Waals surface area contributed by atoms with Crippen LogP contribution in [0.5, 0.6) is 0 Å². The maximum Gasteiger partial charge on any atom is 0.416 e. The molecule has 164 valence electrons. The first kappa shape index (κ1) is 20.4. The third-order valence-corrected chi connectivity index (χ3v) is 5.93. The third kappa shape index (κ3) is 3.66. The number of hydrogen-bond acceptors (Lipinski definition) is 3. The number of piperazine rings is 1. The molecule has 32 heavy (non-hydrogen) atoms. The lowest BCUT2D eigenvalue weighted by atomic mass is 10.1. The van der Waals surface area contributed by atoms with Crippen LogP contribution in [0.2, 0.25) is 0 Å². The number of nitrogens with one attached hydrogen (secondary N) is 1. The predicted molar refractivity (Wildman–Crippen MR) is 118 cm³/mol.